The molecule has 4 heteroatoms. The number of carbonyl (C=O) groups is 2. The monoisotopic (exact) mass is 286 g/mol. The normalized spacial score (nSPS) is 9.85. The van der Waals surface area contributed by atoms with Crippen molar-refractivity contribution in [3.8, 4) is 5.75 Å². The van der Waals surface area contributed by atoms with Crippen LogP contribution in [0.25, 0.3) is 0 Å². The van der Waals surface area contributed by atoms with Crippen LogP contribution in [-0.4, -0.2) is 11.8 Å². The standard InChI is InChI=1S/C16H11ClO3/c1-2-15(18)20-14-8-6-11(7-9-14)16(19)12-4-3-5-13(17)10-12/h2-10H,1H2. The molecule has 0 atom stereocenters. The van der Waals surface area contributed by atoms with Crippen LogP contribution < -0.4 is 4.74 Å². The zero-order valence-corrected chi connectivity index (χ0v) is 11.3. The molecule has 0 fully saturated rings. The number of ether oxygens (including phenoxy) is 1. The molecule has 0 bridgehead atoms. The number of ketones is 1. The molecule has 3 nitrogen and oxygen atoms in total. The summed E-state index contributed by atoms with van der Waals surface area (Å²) in [6, 6.07) is 13.0. The van der Waals surface area contributed by atoms with Crippen molar-refractivity contribution in [1.82, 2.24) is 0 Å². The van der Waals surface area contributed by atoms with E-state index in [0.717, 1.165) is 6.08 Å². The van der Waals surface area contributed by atoms with Crippen LogP contribution in [0.4, 0.5) is 0 Å². The van der Waals surface area contributed by atoms with Gasteiger partial charge in [-0.25, -0.2) is 4.79 Å². The Kier molecular flexibility index (Phi) is 4.33. The Labute approximate surface area is 121 Å². The maximum Gasteiger partial charge on any atom is 0.335 e. The van der Waals surface area contributed by atoms with Gasteiger partial charge in [-0.05, 0) is 36.4 Å². The highest BCUT2D eigenvalue weighted by atomic mass is 35.5. The van der Waals surface area contributed by atoms with Gasteiger partial charge < -0.3 is 4.74 Å². The minimum atomic E-state index is -0.543. The summed E-state index contributed by atoms with van der Waals surface area (Å²) in [6.45, 7) is 3.31. The van der Waals surface area contributed by atoms with Gasteiger partial charge in [0.25, 0.3) is 0 Å². The predicted molar refractivity (Wildman–Crippen MR) is 77.2 cm³/mol. The van der Waals surface area contributed by atoms with Crippen molar-refractivity contribution in [2.45, 2.75) is 0 Å². The van der Waals surface area contributed by atoms with Crippen molar-refractivity contribution in [3.63, 3.8) is 0 Å². The van der Waals surface area contributed by atoms with Crippen LogP contribution in [0, 0.1) is 0 Å². The van der Waals surface area contributed by atoms with Crippen molar-refractivity contribution in [1.29, 1.82) is 0 Å². The minimum absolute atomic E-state index is 0.144. The summed E-state index contributed by atoms with van der Waals surface area (Å²) in [4.78, 5) is 23.2. The van der Waals surface area contributed by atoms with E-state index in [0.29, 0.717) is 21.9 Å². The molecule has 2 aromatic carbocycles. The second kappa shape index (κ2) is 6.17. The number of hydrogen-bond acceptors (Lipinski definition) is 3. The first-order valence-electron chi connectivity index (χ1n) is 5.85. The Hall–Kier alpha value is -2.39. The summed E-state index contributed by atoms with van der Waals surface area (Å²) in [5.41, 5.74) is 0.999. The van der Waals surface area contributed by atoms with Crippen molar-refractivity contribution < 1.29 is 14.3 Å². The fraction of sp³-hybridized carbons (Fsp3) is 0. The van der Waals surface area contributed by atoms with Crippen molar-refractivity contribution >= 4 is 23.4 Å². The van der Waals surface area contributed by atoms with E-state index in [1.165, 1.54) is 0 Å². The molecule has 0 radical (unpaired) electrons. The molecule has 0 heterocycles. The Balaban J connectivity index is 2.19. The molecule has 0 unspecified atom stereocenters. The first kappa shape index (κ1) is 14.0. The number of halogens is 1. The average Bonchev–Trinajstić information content (AvgIpc) is 2.47. The van der Waals surface area contributed by atoms with E-state index in [-0.39, 0.29) is 5.78 Å². The quantitative estimate of drug-likeness (QED) is 0.373. The van der Waals surface area contributed by atoms with Gasteiger partial charge in [0.05, 0.1) is 0 Å². The van der Waals surface area contributed by atoms with Gasteiger partial charge in [-0.1, -0.05) is 30.3 Å². The molecule has 0 saturated heterocycles. The third-order valence-corrected chi connectivity index (χ3v) is 2.82. The maximum absolute atomic E-state index is 12.2. The lowest BCUT2D eigenvalue weighted by Crippen LogP contribution is -2.04. The number of carbonyl (C=O) groups excluding carboxylic acids is 2. The number of rotatable bonds is 4. The smallest absolute Gasteiger partial charge is 0.335 e. The third kappa shape index (κ3) is 3.33. The van der Waals surface area contributed by atoms with Crippen LogP contribution in [0.15, 0.2) is 61.2 Å². The van der Waals surface area contributed by atoms with Crippen LogP contribution in [0.1, 0.15) is 15.9 Å². The van der Waals surface area contributed by atoms with E-state index < -0.39 is 5.97 Å². The Bertz CT molecular complexity index is 660. The fourth-order valence-electron chi connectivity index (χ4n) is 1.63. The van der Waals surface area contributed by atoms with Gasteiger partial charge in [-0.2, -0.15) is 0 Å². The predicted octanol–water partition coefficient (Wildman–Crippen LogP) is 3.66. The Morgan fingerprint density at radius 3 is 2.35 bits per heavy atom. The van der Waals surface area contributed by atoms with Crippen molar-refractivity contribution in [3.05, 3.63) is 77.3 Å². The van der Waals surface area contributed by atoms with Crippen LogP contribution in [0.3, 0.4) is 0 Å². The van der Waals surface area contributed by atoms with Crippen LogP contribution in [0.5, 0.6) is 5.75 Å². The molecular weight excluding hydrogens is 276 g/mol. The van der Waals surface area contributed by atoms with Gasteiger partial charge in [0.15, 0.2) is 5.78 Å². The molecule has 0 amide bonds. The van der Waals surface area contributed by atoms with Gasteiger partial charge in [0.1, 0.15) is 5.75 Å². The summed E-state index contributed by atoms with van der Waals surface area (Å²) in [6.07, 6.45) is 1.07. The zero-order chi connectivity index (χ0) is 14.5. The van der Waals surface area contributed by atoms with Gasteiger partial charge in [-0.15, -0.1) is 0 Å². The molecule has 0 saturated carbocycles. The van der Waals surface area contributed by atoms with E-state index in [1.807, 2.05) is 0 Å². The zero-order valence-electron chi connectivity index (χ0n) is 10.5. The second-order valence-electron chi connectivity index (χ2n) is 3.99. The fourth-order valence-corrected chi connectivity index (χ4v) is 1.82. The third-order valence-electron chi connectivity index (χ3n) is 2.59. The highest BCUT2D eigenvalue weighted by molar-refractivity contribution is 6.31. The van der Waals surface area contributed by atoms with E-state index in [4.69, 9.17) is 16.3 Å². The molecule has 0 aromatic heterocycles. The molecule has 0 aliphatic heterocycles. The number of hydrogen-bond donors (Lipinski definition) is 0. The van der Waals surface area contributed by atoms with Gasteiger partial charge in [0.2, 0.25) is 0 Å². The average molecular weight is 287 g/mol. The second-order valence-corrected chi connectivity index (χ2v) is 4.43. The van der Waals surface area contributed by atoms with Crippen molar-refractivity contribution in [2.24, 2.45) is 0 Å². The molecule has 0 aliphatic rings. The highest BCUT2D eigenvalue weighted by Gasteiger charge is 2.10. The SMILES string of the molecule is C=CC(=O)Oc1ccc(C(=O)c2cccc(Cl)c2)cc1. The first-order chi connectivity index (χ1) is 9.60. The largest absolute Gasteiger partial charge is 0.423 e. The molecule has 2 rings (SSSR count). The van der Waals surface area contributed by atoms with E-state index in [1.54, 1.807) is 48.5 Å². The van der Waals surface area contributed by atoms with Crippen LogP contribution in [0.2, 0.25) is 5.02 Å². The topological polar surface area (TPSA) is 43.4 Å². The maximum atomic E-state index is 12.2. The van der Waals surface area contributed by atoms with Crippen molar-refractivity contribution in [2.75, 3.05) is 0 Å². The summed E-state index contributed by atoms with van der Waals surface area (Å²) in [7, 11) is 0. The lowest BCUT2D eigenvalue weighted by atomic mass is 10.0. The molecule has 0 spiro atoms. The van der Waals surface area contributed by atoms with Gasteiger partial charge in [0, 0.05) is 22.2 Å². The molecule has 2 aromatic rings. The molecule has 100 valence electrons. The number of esters is 1. The molecule has 20 heavy (non-hydrogen) atoms. The van der Waals surface area contributed by atoms with E-state index in [2.05, 4.69) is 6.58 Å². The molecule has 0 N–H and O–H groups in total. The summed E-state index contributed by atoms with van der Waals surface area (Å²) < 4.78 is 4.93. The summed E-state index contributed by atoms with van der Waals surface area (Å²) in [5, 5.41) is 0.507. The summed E-state index contributed by atoms with van der Waals surface area (Å²) in [5.74, 6) is -0.328. The van der Waals surface area contributed by atoms with E-state index in [9.17, 15) is 9.59 Å². The minimum Gasteiger partial charge on any atom is -0.423 e. The van der Waals surface area contributed by atoms with Gasteiger partial charge >= 0.3 is 5.97 Å². The highest BCUT2D eigenvalue weighted by Crippen LogP contribution is 2.18. The molecular formula is C16H11ClO3. The van der Waals surface area contributed by atoms with Crippen LogP contribution in [-0.2, 0) is 4.79 Å². The summed E-state index contributed by atoms with van der Waals surface area (Å²) >= 11 is 5.86. The molecule has 0 aliphatic carbocycles. The Morgan fingerprint density at radius 1 is 1.05 bits per heavy atom. The van der Waals surface area contributed by atoms with Crippen LogP contribution >= 0.6 is 11.6 Å². The lowest BCUT2D eigenvalue weighted by Gasteiger charge is -2.04. The van der Waals surface area contributed by atoms with E-state index >= 15 is 0 Å². The number of benzene rings is 2. The van der Waals surface area contributed by atoms with Gasteiger partial charge in [-0.3, -0.25) is 4.79 Å². The Morgan fingerprint density at radius 2 is 1.75 bits per heavy atom. The first-order valence-corrected chi connectivity index (χ1v) is 6.22. The lowest BCUT2D eigenvalue weighted by molar-refractivity contribution is -0.128.